The molecule has 0 amide bonds. The van der Waals surface area contributed by atoms with E-state index >= 15 is 0 Å². The van der Waals surface area contributed by atoms with Crippen molar-refractivity contribution in [1.29, 1.82) is 0 Å². The fraction of sp³-hybridized carbons (Fsp3) is 0.250. The highest BCUT2D eigenvalue weighted by atomic mass is 79.9. The molecular formula is C16H15BrCl2O. The van der Waals surface area contributed by atoms with Crippen molar-refractivity contribution in [2.45, 2.75) is 19.2 Å². The number of benzene rings is 2. The third kappa shape index (κ3) is 3.13. The quantitative estimate of drug-likeness (QED) is 0.594. The molecule has 2 rings (SSSR count). The van der Waals surface area contributed by atoms with Gasteiger partial charge in [-0.15, -0.1) is 11.6 Å². The maximum Gasteiger partial charge on any atom is 0.123 e. The molecule has 0 N–H and O–H groups in total. The Labute approximate surface area is 138 Å². The first-order valence-corrected chi connectivity index (χ1v) is 7.79. The van der Waals surface area contributed by atoms with Crippen LogP contribution in [0.5, 0.6) is 5.75 Å². The van der Waals surface area contributed by atoms with Gasteiger partial charge in [-0.2, -0.15) is 0 Å². The molecule has 0 saturated heterocycles. The van der Waals surface area contributed by atoms with Gasteiger partial charge in [0, 0.05) is 15.1 Å². The molecule has 4 heteroatoms. The van der Waals surface area contributed by atoms with Crippen LogP contribution >= 0.6 is 39.1 Å². The molecule has 1 unspecified atom stereocenters. The first kappa shape index (κ1) is 15.7. The molecule has 0 bridgehead atoms. The van der Waals surface area contributed by atoms with E-state index in [4.69, 9.17) is 27.9 Å². The Morgan fingerprint density at radius 2 is 1.75 bits per heavy atom. The summed E-state index contributed by atoms with van der Waals surface area (Å²) in [4.78, 5) is 0. The topological polar surface area (TPSA) is 9.23 Å². The predicted molar refractivity (Wildman–Crippen MR) is 89.3 cm³/mol. The van der Waals surface area contributed by atoms with Crippen LogP contribution in [-0.2, 0) is 0 Å². The summed E-state index contributed by atoms with van der Waals surface area (Å²) in [5.74, 6) is 0.745. The monoisotopic (exact) mass is 372 g/mol. The molecule has 1 atom stereocenters. The zero-order valence-electron chi connectivity index (χ0n) is 11.5. The first-order chi connectivity index (χ1) is 9.43. The number of rotatable bonds is 3. The predicted octanol–water partition coefficient (Wildman–Crippen LogP) is 6.06. The van der Waals surface area contributed by atoms with Crippen LogP contribution in [0.4, 0.5) is 0 Å². The summed E-state index contributed by atoms with van der Waals surface area (Å²) in [7, 11) is 1.63. The van der Waals surface area contributed by atoms with Crippen molar-refractivity contribution < 1.29 is 4.74 Å². The van der Waals surface area contributed by atoms with Crippen molar-refractivity contribution in [1.82, 2.24) is 0 Å². The van der Waals surface area contributed by atoms with Crippen molar-refractivity contribution in [2.75, 3.05) is 7.11 Å². The molecular weight excluding hydrogens is 359 g/mol. The lowest BCUT2D eigenvalue weighted by Gasteiger charge is -2.18. The molecule has 0 radical (unpaired) electrons. The second-order valence-electron chi connectivity index (χ2n) is 4.71. The lowest BCUT2D eigenvalue weighted by atomic mass is 9.97. The van der Waals surface area contributed by atoms with Crippen molar-refractivity contribution in [3.05, 3.63) is 62.1 Å². The zero-order chi connectivity index (χ0) is 14.9. The highest BCUT2D eigenvalue weighted by Gasteiger charge is 2.19. The first-order valence-electron chi connectivity index (χ1n) is 6.18. The standard InChI is InChI=1S/C16H15BrCl2O/c1-9-7-14(17)10(2)6-12(9)16(19)13-8-11(18)4-5-15(13)20-3/h4-8,16H,1-3H3. The Bertz CT molecular complexity index is 641. The van der Waals surface area contributed by atoms with Crippen LogP contribution < -0.4 is 4.74 Å². The van der Waals surface area contributed by atoms with Gasteiger partial charge >= 0.3 is 0 Å². The third-order valence-electron chi connectivity index (χ3n) is 3.29. The highest BCUT2D eigenvalue weighted by Crippen LogP contribution is 2.39. The van der Waals surface area contributed by atoms with Gasteiger partial charge in [0.2, 0.25) is 0 Å². The number of ether oxygens (including phenoxy) is 1. The Morgan fingerprint density at radius 3 is 2.40 bits per heavy atom. The number of aryl methyl sites for hydroxylation is 2. The van der Waals surface area contributed by atoms with Gasteiger partial charge in [-0.3, -0.25) is 0 Å². The third-order valence-corrected chi connectivity index (χ3v) is 4.84. The van der Waals surface area contributed by atoms with Crippen LogP contribution in [0, 0.1) is 13.8 Å². The maximum atomic E-state index is 6.66. The minimum Gasteiger partial charge on any atom is -0.496 e. The lowest BCUT2D eigenvalue weighted by Crippen LogP contribution is -2.00. The highest BCUT2D eigenvalue weighted by molar-refractivity contribution is 9.10. The largest absolute Gasteiger partial charge is 0.496 e. The van der Waals surface area contributed by atoms with E-state index in [0.29, 0.717) is 5.02 Å². The second-order valence-corrected chi connectivity index (χ2v) is 6.43. The molecule has 0 saturated carbocycles. The van der Waals surface area contributed by atoms with Crippen molar-refractivity contribution >= 4 is 39.1 Å². The minimum absolute atomic E-state index is 0.296. The number of halogens is 3. The van der Waals surface area contributed by atoms with Crippen LogP contribution in [0.25, 0.3) is 0 Å². The summed E-state index contributed by atoms with van der Waals surface area (Å²) in [6.45, 7) is 4.10. The van der Waals surface area contributed by atoms with E-state index < -0.39 is 0 Å². The van der Waals surface area contributed by atoms with Gasteiger partial charge in [0.05, 0.1) is 12.5 Å². The van der Waals surface area contributed by atoms with Gasteiger partial charge in [-0.05, 0) is 54.8 Å². The number of alkyl halides is 1. The maximum absolute atomic E-state index is 6.66. The summed E-state index contributed by atoms with van der Waals surface area (Å²) >= 11 is 16.3. The molecule has 0 spiro atoms. The Hall–Kier alpha value is -0.700. The van der Waals surface area contributed by atoms with Gasteiger partial charge in [0.15, 0.2) is 0 Å². The molecule has 1 nitrogen and oxygen atoms in total. The van der Waals surface area contributed by atoms with Gasteiger partial charge in [-0.1, -0.05) is 33.6 Å². The average Bonchev–Trinajstić information content (AvgIpc) is 2.42. The normalized spacial score (nSPS) is 12.3. The lowest BCUT2D eigenvalue weighted by molar-refractivity contribution is 0.410. The number of methoxy groups -OCH3 is 1. The van der Waals surface area contributed by atoms with Crippen molar-refractivity contribution in [3.63, 3.8) is 0 Å². The fourth-order valence-electron chi connectivity index (χ4n) is 2.15. The van der Waals surface area contributed by atoms with E-state index in [9.17, 15) is 0 Å². The molecule has 20 heavy (non-hydrogen) atoms. The molecule has 2 aromatic carbocycles. The van der Waals surface area contributed by atoms with Crippen LogP contribution in [0.1, 0.15) is 27.6 Å². The molecule has 0 aliphatic heterocycles. The Morgan fingerprint density at radius 1 is 1.05 bits per heavy atom. The van der Waals surface area contributed by atoms with Crippen LogP contribution in [-0.4, -0.2) is 7.11 Å². The zero-order valence-corrected chi connectivity index (χ0v) is 14.6. The average molecular weight is 374 g/mol. The molecule has 0 fully saturated rings. The number of hydrogen-bond acceptors (Lipinski definition) is 1. The summed E-state index contributed by atoms with van der Waals surface area (Å²) in [6, 6.07) is 9.67. The van der Waals surface area contributed by atoms with Crippen LogP contribution in [0.3, 0.4) is 0 Å². The summed E-state index contributed by atoms with van der Waals surface area (Å²) in [5, 5.41) is 0.355. The van der Waals surface area contributed by atoms with E-state index in [1.165, 1.54) is 0 Å². The van der Waals surface area contributed by atoms with Gasteiger partial charge in [-0.25, -0.2) is 0 Å². The van der Waals surface area contributed by atoms with Crippen molar-refractivity contribution in [2.24, 2.45) is 0 Å². The SMILES string of the molecule is COc1ccc(Cl)cc1C(Cl)c1cc(C)c(Br)cc1C. The van der Waals surface area contributed by atoms with E-state index in [1.54, 1.807) is 13.2 Å². The van der Waals surface area contributed by atoms with Crippen LogP contribution in [0.15, 0.2) is 34.8 Å². The van der Waals surface area contributed by atoms with E-state index in [-0.39, 0.29) is 5.38 Å². The molecule has 106 valence electrons. The minimum atomic E-state index is -0.296. The Kier molecular flexibility index (Phi) is 5.00. The van der Waals surface area contributed by atoms with E-state index in [2.05, 4.69) is 28.1 Å². The van der Waals surface area contributed by atoms with E-state index in [1.807, 2.05) is 26.0 Å². The van der Waals surface area contributed by atoms with Gasteiger partial charge in [0.25, 0.3) is 0 Å². The summed E-state index contributed by atoms with van der Waals surface area (Å²) < 4.78 is 6.47. The van der Waals surface area contributed by atoms with Crippen LogP contribution in [0.2, 0.25) is 5.02 Å². The summed E-state index contributed by atoms with van der Waals surface area (Å²) in [6.07, 6.45) is 0. The van der Waals surface area contributed by atoms with Gasteiger partial charge < -0.3 is 4.74 Å². The fourth-order valence-corrected chi connectivity index (χ4v) is 3.19. The smallest absolute Gasteiger partial charge is 0.123 e. The molecule has 0 aliphatic rings. The molecule has 0 aliphatic carbocycles. The summed E-state index contributed by atoms with van der Waals surface area (Å²) in [5.41, 5.74) is 4.22. The van der Waals surface area contributed by atoms with E-state index in [0.717, 1.165) is 32.5 Å². The molecule has 2 aromatic rings. The second kappa shape index (κ2) is 6.38. The molecule has 0 heterocycles. The van der Waals surface area contributed by atoms with Crippen molar-refractivity contribution in [3.8, 4) is 5.75 Å². The number of hydrogen-bond donors (Lipinski definition) is 0. The molecule has 0 aromatic heterocycles. The van der Waals surface area contributed by atoms with Gasteiger partial charge in [0.1, 0.15) is 5.75 Å². The Balaban J connectivity index is 2.54.